The van der Waals surface area contributed by atoms with Gasteiger partial charge in [0, 0.05) is 0 Å². The van der Waals surface area contributed by atoms with Crippen molar-refractivity contribution in [1.82, 2.24) is 0 Å². The van der Waals surface area contributed by atoms with E-state index < -0.39 is 0 Å². The van der Waals surface area contributed by atoms with E-state index in [1.807, 2.05) is 0 Å². The van der Waals surface area contributed by atoms with Crippen molar-refractivity contribution in [2.45, 2.75) is 53.9 Å². The van der Waals surface area contributed by atoms with Crippen LogP contribution in [0.15, 0.2) is 11.6 Å². The fourth-order valence-electron chi connectivity index (χ4n) is 2.12. The van der Waals surface area contributed by atoms with Gasteiger partial charge in [-0.2, -0.15) is 0 Å². The minimum absolute atomic E-state index is 0.445. The van der Waals surface area contributed by atoms with E-state index in [9.17, 15) is 0 Å². The number of hydrogen-bond acceptors (Lipinski definition) is 0. The molecule has 0 bridgehead atoms. The van der Waals surface area contributed by atoms with Gasteiger partial charge in [-0.15, -0.1) is 0 Å². The van der Waals surface area contributed by atoms with Crippen LogP contribution in [0, 0.1) is 10.8 Å². The van der Waals surface area contributed by atoms with Gasteiger partial charge in [-0.25, -0.2) is 0 Å². The lowest BCUT2D eigenvalue weighted by Crippen LogP contribution is -2.25. The maximum absolute atomic E-state index is 2.50. The zero-order valence-electron chi connectivity index (χ0n) is 9.20. The summed E-state index contributed by atoms with van der Waals surface area (Å²) in [4.78, 5) is 0. The van der Waals surface area contributed by atoms with Crippen LogP contribution in [-0.2, 0) is 0 Å². The normalized spacial score (nSPS) is 26.6. The van der Waals surface area contributed by atoms with Crippen LogP contribution in [0.25, 0.3) is 0 Å². The van der Waals surface area contributed by atoms with Crippen LogP contribution in [0.2, 0.25) is 0 Å². The fraction of sp³-hybridized carbons (Fsp3) is 0.833. The monoisotopic (exact) mass is 166 g/mol. The van der Waals surface area contributed by atoms with Crippen LogP contribution in [0.1, 0.15) is 53.9 Å². The Bertz CT molecular complexity index is 194. The van der Waals surface area contributed by atoms with Gasteiger partial charge in [-0.05, 0) is 30.1 Å². The number of allylic oxidation sites excluding steroid dienone is 2. The molecule has 12 heavy (non-hydrogen) atoms. The van der Waals surface area contributed by atoms with E-state index in [1.165, 1.54) is 19.3 Å². The highest BCUT2D eigenvalue weighted by atomic mass is 14.4. The van der Waals surface area contributed by atoms with Crippen molar-refractivity contribution < 1.29 is 0 Å². The summed E-state index contributed by atoms with van der Waals surface area (Å²) in [6, 6.07) is 0. The average Bonchev–Trinajstić information content (AvgIpc) is 1.95. The highest BCUT2D eigenvalue weighted by Crippen LogP contribution is 2.44. The summed E-state index contributed by atoms with van der Waals surface area (Å²) in [6.07, 6.45) is 6.40. The Kier molecular flexibility index (Phi) is 2.38. The van der Waals surface area contributed by atoms with Crippen molar-refractivity contribution in [3.05, 3.63) is 11.6 Å². The first-order chi connectivity index (χ1) is 5.37. The molecule has 0 aromatic carbocycles. The van der Waals surface area contributed by atoms with Gasteiger partial charge < -0.3 is 0 Å². The molecular formula is C12H22. The van der Waals surface area contributed by atoms with Crippen molar-refractivity contribution >= 4 is 0 Å². The molecule has 0 aromatic heterocycles. The molecule has 0 aromatic rings. The highest BCUT2D eigenvalue weighted by Gasteiger charge is 2.31. The second-order valence-electron chi connectivity index (χ2n) is 5.40. The lowest BCUT2D eigenvalue weighted by Gasteiger charge is -2.38. The predicted octanol–water partition coefficient (Wildman–Crippen LogP) is 4.17. The van der Waals surface area contributed by atoms with Crippen molar-refractivity contribution in [2.24, 2.45) is 10.8 Å². The van der Waals surface area contributed by atoms with Crippen molar-refractivity contribution in [3.8, 4) is 0 Å². The summed E-state index contributed by atoms with van der Waals surface area (Å²) in [5.41, 5.74) is 2.56. The SMILES string of the molecule is CCC1=CC(C)(C)CCC1(C)C. The number of hydrogen-bond donors (Lipinski definition) is 0. The summed E-state index contributed by atoms with van der Waals surface area (Å²) in [5, 5.41) is 0. The van der Waals surface area contributed by atoms with Gasteiger partial charge in [0.25, 0.3) is 0 Å². The molecule has 0 fully saturated rings. The van der Waals surface area contributed by atoms with Crippen molar-refractivity contribution in [3.63, 3.8) is 0 Å². The Morgan fingerprint density at radius 1 is 1.17 bits per heavy atom. The summed E-state index contributed by atoms with van der Waals surface area (Å²) < 4.78 is 0. The molecule has 1 aliphatic carbocycles. The Morgan fingerprint density at radius 3 is 2.17 bits per heavy atom. The molecule has 0 nitrogen and oxygen atoms in total. The first kappa shape index (κ1) is 9.83. The van der Waals surface area contributed by atoms with Crippen LogP contribution in [-0.4, -0.2) is 0 Å². The summed E-state index contributed by atoms with van der Waals surface area (Å²) in [5.74, 6) is 0. The highest BCUT2D eigenvalue weighted by molar-refractivity contribution is 5.19. The van der Waals surface area contributed by atoms with Gasteiger partial charge in [0.2, 0.25) is 0 Å². The molecule has 0 atom stereocenters. The third-order valence-electron chi connectivity index (χ3n) is 3.21. The first-order valence-electron chi connectivity index (χ1n) is 5.10. The molecule has 0 spiro atoms. The van der Waals surface area contributed by atoms with Gasteiger partial charge in [-0.3, -0.25) is 0 Å². The third kappa shape index (κ3) is 1.91. The second kappa shape index (κ2) is 2.90. The van der Waals surface area contributed by atoms with E-state index >= 15 is 0 Å². The molecule has 0 amide bonds. The number of rotatable bonds is 1. The fourth-order valence-corrected chi connectivity index (χ4v) is 2.12. The van der Waals surface area contributed by atoms with Crippen molar-refractivity contribution in [1.29, 1.82) is 0 Å². The molecule has 0 radical (unpaired) electrons. The Hall–Kier alpha value is -0.260. The van der Waals surface area contributed by atoms with Gasteiger partial charge in [0.1, 0.15) is 0 Å². The lowest BCUT2D eigenvalue weighted by atomic mass is 9.67. The molecule has 0 saturated carbocycles. The van der Waals surface area contributed by atoms with Gasteiger partial charge in [-0.1, -0.05) is 46.3 Å². The quantitative estimate of drug-likeness (QED) is 0.513. The standard InChI is InChI=1S/C12H22/c1-6-10-9-11(2,3)7-8-12(10,4)5/h9H,6-8H2,1-5H3. The largest absolute Gasteiger partial charge is 0.0791 e. The molecule has 0 aliphatic heterocycles. The lowest BCUT2D eigenvalue weighted by molar-refractivity contribution is 0.274. The minimum Gasteiger partial charge on any atom is -0.0791 e. The molecule has 0 unspecified atom stereocenters. The first-order valence-corrected chi connectivity index (χ1v) is 5.10. The minimum atomic E-state index is 0.445. The summed E-state index contributed by atoms with van der Waals surface area (Å²) in [6.45, 7) is 11.7. The topological polar surface area (TPSA) is 0 Å². The second-order valence-corrected chi connectivity index (χ2v) is 5.40. The molecular weight excluding hydrogens is 144 g/mol. The Labute approximate surface area is 77.1 Å². The molecule has 0 heterocycles. The molecule has 0 N–H and O–H groups in total. The molecule has 1 rings (SSSR count). The third-order valence-corrected chi connectivity index (χ3v) is 3.21. The summed E-state index contributed by atoms with van der Waals surface area (Å²) >= 11 is 0. The molecule has 1 aliphatic rings. The van der Waals surface area contributed by atoms with Gasteiger partial charge in [0.15, 0.2) is 0 Å². The zero-order valence-corrected chi connectivity index (χ0v) is 9.20. The smallest absolute Gasteiger partial charge is 0.0144 e. The van der Waals surface area contributed by atoms with E-state index in [4.69, 9.17) is 0 Å². The van der Waals surface area contributed by atoms with E-state index in [2.05, 4.69) is 40.7 Å². The van der Waals surface area contributed by atoms with Crippen LogP contribution in [0.5, 0.6) is 0 Å². The van der Waals surface area contributed by atoms with Crippen molar-refractivity contribution in [2.75, 3.05) is 0 Å². The van der Waals surface area contributed by atoms with Gasteiger partial charge >= 0.3 is 0 Å². The molecule has 70 valence electrons. The summed E-state index contributed by atoms with van der Waals surface area (Å²) in [7, 11) is 0. The predicted molar refractivity (Wildman–Crippen MR) is 55.2 cm³/mol. The van der Waals surface area contributed by atoms with Crippen LogP contribution >= 0.6 is 0 Å². The van der Waals surface area contributed by atoms with E-state index in [0.29, 0.717) is 10.8 Å². The van der Waals surface area contributed by atoms with Crippen LogP contribution in [0.3, 0.4) is 0 Å². The van der Waals surface area contributed by atoms with Crippen LogP contribution in [0.4, 0.5) is 0 Å². The van der Waals surface area contributed by atoms with E-state index in [-0.39, 0.29) is 0 Å². The van der Waals surface area contributed by atoms with E-state index in [1.54, 1.807) is 5.57 Å². The zero-order chi connectivity index (χ0) is 9.41. The average molecular weight is 166 g/mol. The molecule has 0 saturated heterocycles. The maximum atomic E-state index is 2.50. The van der Waals surface area contributed by atoms with Gasteiger partial charge in [0.05, 0.1) is 0 Å². The Morgan fingerprint density at radius 2 is 1.75 bits per heavy atom. The Balaban J connectivity index is 2.93. The maximum Gasteiger partial charge on any atom is -0.0144 e. The van der Waals surface area contributed by atoms with Crippen LogP contribution < -0.4 is 0 Å². The molecule has 0 heteroatoms. The van der Waals surface area contributed by atoms with E-state index in [0.717, 1.165) is 0 Å².